The first-order valence-electron chi connectivity index (χ1n) is 10.8. The van der Waals surface area contributed by atoms with Gasteiger partial charge in [0.05, 0.1) is 12.2 Å². The van der Waals surface area contributed by atoms with E-state index in [0.717, 1.165) is 0 Å². The summed E-state index contributed by atoms with van der Waals surface area (Å²) < 4.78 is 19.7. The minimum absolute atomic E-state index is 0.00274. The third-order valence-electron chi connectivity index (χ3n) is 6.37. The van der Waals surface area contributed by atoms with Gasteiger partial charge in [0.2, 0.25) is 0 Å². The van der Waals surface area contributed by atoms with E-state index in [1.54, 1.807) is 24.3 Å². The SMILES string of the molecule is CC(C)(C)[Si](C)(C)OC[C@@]1(COC(=O)c2ccccc2)CC[C@H](n2ccc(=O)[nH]c2=O)O1. The van der Waals surface area contributed by atoms with Crippen molar-refractivity contribution in [1.82, 2.24) is 9.55 Å². The molecule has 0 bridgehead atoms. The van der Waals surface area contributed by atoms with Gasteiger partial charge in [-0.15, -0.1) is 0 Å². The Morgan fingerprint density at radius 1 is 1.19 bits per heavy atom. The first-order chi connectivity index (χ1) is 14.9. The summed E-state index contributed by atoms with van der Waals surface area (Å²) in [6, 6.07) is 10.1. The second-order valence-corrected chi connectivity index (χ2v) is 14.6. The predicted molar refractivity (Wildman–Crippen MR) is 123 cm³/mol. The smallest absolute Gasteiger partial charge is 0.338 e. The maximum atomic E-state index is 12.5. The zero-order valence-corrected chi connectivity index (χ0v) is 20.3. The fraction of sp³-hybridized carbons (Fsp3) is 0.522. The Morgan fingerprint density at radius 2 is 1.88 bits per heavy atom. The Bertz CT molecular complexity index is 1060. The molecule has 1 aromatic carbocycles. The van der Waals surface area contributed by atoms with Gasteiger partial charge < -0.3 is 13.9 Å². The van der Waals surface area contributed by atoms with Gasteiger partial charge in [-0.25, -0.2) is 9.59 Å². The molecule has 2 heterocycles. The quantitative estimate of drug-likeness (QED) is 0.502. The zero-order chi connectivity index (χ0) is 23.6. The molecule has 2 atom stereocenters. The second-order valence-electron chi connectivity index (χ2n) is 9.80. The van der Waals surface area contributed by atoms with Crippen LogP contribution >= 0.6 is 0 Å². The molecule has 0 unspecified atom stereocenters. The molecule has 9 heteroatoms. The van der Waals surface area contributed by atoms with Crippen molar-refractivity contribution >= 4 is 14.3 Å². The van der Waals surface area contributed by atoms with Crippen molar-refractivity contribution in [3.63, 3.8) is 0 Å². The minimum atomic E-state index is -2.10. The highest BCUT2D eigenvalue weighted by Gasteiger charge is 2.46. The van der Waals surface area contributed by atoms with E-state index in [2.05, 4.69) is 38.8 Å². The van der Waals surface area contributed by atoms with Crippen LogP contribution in [0, 0.1) is 0 Å². The lowest BCUT2D eigenvalue weighted by Gasteiger charge is -2.39. The average Bonchev–Trinajstić information content (AvgIpc) is 3.15. The van der Waals surface area contributed by atoms with Gasteiger partial charge >= 0.3 is 11.7 Å². The maximum absolute atomic E-state index is 12.5. The third kappa shape index (κ3) is 5.46. The van der Waals surface area contributed by atoms with Crippen molar-refractivity contribution < 1.29 is 18.7 Å². The number of benzene rings is 1. The van der Waals surface area contributed by atoms with Crippen LogP contribution in [-0.2, 0) is 13.9 Å². The molecular weight excluding hydrogens is 428 g/mol. The van der Waals surface area contributed by atoms with E-state index < -0.39 is 37.4 Å². The van der Waals surface area contributed by atoms with Gasteiger partial charge in [0.15, 0.2) is 8.32 Å². The fourth-order valence-electron chi connectivity index (χ4n) is 3.28. The summed E-state index contributed by atoms with van der Waals surface area (Å²) in [6.45, 7) is 11.0. The molecular formula is C23H32N2O6Si. The van der Waals surface area contributed by atoms with Crippen LogP contribution in [0.15, 0.2) is 52.2 Å². The maximum Gasteiger partial charge on any atom is 0.338 e. The predicted octanol–water partition coefficient (Wildman–Crippen LogP) is 3.46. The van der Waals surface area contributed by atoms with E-state index in [9.17, 15) is 14.4 Å². The number of nitrogens with one attached hydrogen (secondary N) is 1. The molecule has 3 rings (SSSR count). The van der Waals surface area contributed by atoms with E-state index >= 15 is 0 Å². The Hall–Kier alpha value is -2.49. The van der Waals surface area contributed by atoms with E-state index in [1.165, 1.54) is 16.8 Å². The highest BCUT2D eigenvalue weighted by atomic mass is 28.4. The molecule has 1 aliphatic heterocycles. The summed E-state index contributed by atoms with van der Waals surface area (Å²) in [6.07, 6.45) is 1.90. The minimum Gasteiger partial charge on any atom is -0.459 e. The number of esters is 1. The number of nitrogens with zero attached hydrogens (tertiary/aromatic N) is 1. The summed E-state index contributed by atoms with van der Waals surface area (Å²) in [5.41, 5.74) is -1.43. The van der Waals surface area contributed by atoms with Crippen molar-refractivity contribution in [2.24, 2.45) is 0 Å². The van der Waals surface area contributed by atoms with Crippen LogP contribution in [0.1, 0.15) is 50.2 Å². The standard InChI is InChI=1S/C23H32N2O6Si/c1-22(2,3)32(4,5)30-16-23(15-29-20(27)17-9-7-6-8-10-17)13-11-19(31-23)25-14-12-18(26)24-21(25)28/h6-10,12,14,19H,11,13,15-16H2,1-5H3,(H,24,26,28)/t19-,23+/m1/s1. The van der Waals surface area contributed by atoms with Gasteiger partial charge in [0.25, 0.3) is 5.56 Å². The first-order valence-corrected chi connectivity index (χ1v) is 13.7. The largest absolute Gasteiger partial charge is 0.459 e. The van der Waals surface area contributed by atoms with Crippen LogP contribution in [-0.4, -0.2) is 42.7 Å². The van der Waals surface area contributed by atoms with Crippen LogP contribution in [0.3, 0.4) is 0 Å². The van der Waals surface area contributed by atoms with Crippen molar-refractivity contribution in [2.45, 2.75) is 63.6 Å². The summed E-state index contributed by atoms with van der Waals surface area (Å²) in [5.74, 6) is -0.439. The Balaban J connectivity index is 1.80. The number of carbonyl (C=O) groups is 1. The summed E-state index contributed by atoms with van der Waals surface area (Å²) in [7, 11) is -2.10. The van der Waals surface area contributed by atoms with E-state index in [-0.39, 0.29) is 18.3 Å². The molecule has 32 heavy (non-hydrogen) atoms. The highest BCUT2D eigenvalue weighted by molar-refractivity contribution is 6.74. The van der Waals surface area contributed by atoms with Crippen LogP contribution in [0.4, 0.5) is 0 Å². The number of H-pyrrole nitrogens is 1. The van der Waals surface area contributed by atoms with Gasteiger partial charge in [0.1, 0.15) is 18.4 Å². The number of aromatic nitrogens is 2. The van der Waals surface area contributed by atoms with Crippen LogP contribution in [0.25, 0.3) is 0 Å². The number of hydrogen-bond donors (Lipinski definition) is 1. The molecule has 0 amide bonds. The van der Waals surface area contributed by atoms with Gasteiger partial charge in [-0.2, -0.15) is 0 Å². The first kappa shape index (κ1) is 24.2. The van der Waals surface area contributed by atoms with E-state index in [1.807, 2.05) is 6.07 Å². The lowest BCUT2D eigenvalue weighted by Crippen LogP contribution is -2.48. The molecule has 174 valence electrons. The van der Waals surface area contributed by atoms with Crippen LogP contribution < -0.4 is 11.2 Å². The number of carbonyl (C=O) groups excluding carboxylic acids is 1. The fourth-order valence-corrected chi connectivity index (χ4v) is 4.34. The number of aromatic amines is 1. The van der Waals surface area contributed by atoms with Crippen LogP contribution in [0.5, 0.6) is 0 Å². The lowest BCUT2D eigenvalue weighted by atomic mass is 10.0. The molecule has 1 N–H and O–H groups in total. The van der Waals surface area contributed by atoms with Gasteiger partial charge in [-0.05, 0) is 43.1 Å². The molecule has 1 aromatic heterocycles. The lowest BCUT2D eigenvalue weighted by molar-refractivity contribution is -0.122. The zero-order valence-electron chi connectivity index (χ0n) is 19.3. The van der Waals surface area contributed by atoms with E-state index in [0.29, 0.717) is 18.4 Å². The summed E-state index contributed by atoms with van der Waals surface area (Å²) >= 11 is 0. The summed E-state index contributed by atoms with van der Waals surface area (Å²) in [4.78, 5) is 38.5. The van der Waals surface area contributed by atoms with Crippen molar-refractivity contribution in [2.75, 3.05) is 13.2 Å². The van der Waals surface area contributed by atoms with Crippen molar-refractivity contribution in [3.8, 4) is 0 Å². The normalized spacial score (nSPS) is 21.5. The van der Waals surface area contributed by atoms with Crippen LogP contribution in [0.2, 0.25) is 18.1 Å². The van der Waals surface area contributed by atoms with Gasteiger partial charge in [-0.1, -0.05) is 39.0 Å². The van der Waals surface area contributed by atoms with Crippen molar-refractivity contribution in [1.29, 1.82) is 0 Å². The Morgan fingerprint density at radius 3 is 2.50 bits per heavy atom. The molecule has 2 aromatic rings. The van der Waals surface area contributed by atoms with Crippen molar-refractivity contribution in [3.05, 3.63) is 69.0 Å². The average molecular weight is 461 g/mol. The molecule has 8 nitrogen and oxygen atoms in total. The molecule has 1 saturated heterocycles. The van der Waals surface area contributed by atoms with Gasteiger partial charge in [-0.3, -0.25) is 14.3 Å². The molecule has 0 spiro atoms. The molecule has 0 saturated carbocycles. The molecule has 0 radical (unpaired) electrons. The number of rotatable bonds is 7. The number of ether oxygens (including phenoxy) is 2. The third-order valence-corrected chi connectivity index (χ3v) is 10.9. The second kappa shape index (κ2) is 9.17. The number of hydrogen-bond acceptors (Lipinski definition) is 6. The molecule has 0 aliphatic carbocycles. The van der Waals surface area contributed by atoms with E-state index in [4.69, 9.17) is 13.9 Å². The van der Waals surface area contributed by atoms with Gasteiger partial charge in [0, 0.05) is 12.3 Å². The Labute approximate surface area is 188 Å². The Kier molecular flexibility index (Phi) is 6.92. The summed E-state index contributed by atoms with van der Waals surface area (Å²) in [5, 5.41) is 0.00274. The topological polar surface area (TPSA) is 99.6 Å². The molecule has 1 aliphatic rings. The molecule has 1 fully saturated rings. The highest BCUT2D eigenvalue weighted by Crippen LogP contribution is 2.41. The monoisotopic (exact) mass is 460 g/mol.